The molecular formula is C21H24N6O5S. The minimum Gasteiger partial charge on any atom is -0.497 e. The molecule has 33 heavy (non-hydrogen) atoms. The summed E-state index contributed by atoms with van der Waals surface area (Å²) in [7, 11) is 1.56. The number of rotatable bonds is 10. The lowest BCUT2D eigenvalue weighted by Gasteiger charge is -2.24. The third-order valence-corrected chi connectivity index (χ3v) is 5.55. The number of carbonyl (C=O) groups excluding carboxylic acids is 2. The molecule has 0 spiro atoms. The fourth-order valence-corrected chi connectivity index (χ4v) is 3.84. The van der Waals surface area contributed by atoms with E-state index in [9.17, 15) is 19.7 Å². The van der Waals surface area contributed by atoms with Gasteiger partial charge in [0.1, 0.15) is 23.8 Å². The number of carbonyl (C=O) groups is 2. The van der Waals surface area contributed by atoms with Crippen molar-refractivity contribution in [3.63, 3.8) is 0 Å². The zero-order valence-electron chi connectivity index (χ0n) is 18.2. The van der Waals surface area contributed by atoms with Crippen molar-refractivity contribution < 1.29 is 19.2 Å². The SMILES string of the molecule is CCN1C(=O)C(CC(=O)Nc2ccc(OC)cc2)N(CCNc2ccc([N+](=O)[O-])cn2)C1=S. The van der Waals surface area contributed by atoms with Crippen LogP contribution >= 0.6 is 12.2 Å². The molecule has 2 aromatic rings. The molecule has 0 bridgehead atoms. The van der Waals surface area contributed by atoms with Crippen molar-refractivity contribution in [1.82, 2.24) is 14.8 Å². The molecule has 3 rings (SSSR count). The van der Waals surface area contributed by atoms with E-state index in [-0.39, 0.29) is 23.9 Å². The van der Waals surface area contributed by atoms with Crippen molar-refractivity contribution in [3.05, 3.63) is 52.7 Å². The molecule has 2 amide bonds. The van der Waals surface area contributed by atoms with Crippen molar-refractivity contribution in [2.24, 2.45) is 0 Å². The number of hydrogen-bond donors (Lipinski definition) is 2. The number of nitrogens with one attached hydrogen (secondary N) is 2. The van der Waals surface area contributed by atoms with Gasteiger partial charge in [0.25, 0.3) is 11.6 Å². The van der Waals surface area contributed by atoms with E-state index in [1.807, 2.05) is 6.92 Å². The van der Waals surface area contributed by atoms with Gasteiger partial charge in [0.15, 0.2) is 5.11 Å². The van der Waals surface area contributed by atoms with Crippen LogP contribution in [-0.4, -0.2) is 69.4 Å². The zero-order valence-corrected chi connectivity index (χ0v) is 19.0. The van der Waals surface area contributed by atoms with Gasteiger partial charge in [-0.1, -0.05) is 0 Å². The summed E-state index contributed by atoms with van der Waals surface area (Å²) in [6.07, 6.45) is 1.11. The van der Waals surface area contributed by atoms with E-state index in [0.29, 0.717) is 42.0 Å². The Bertz CT molecular complexity index is 1030. The lowest BCUT2D eigenvalue weighted by atomic mass is 10.1. The molecule has 0 saturated carbocycles. The number of benzene rings is 1. The molecule has 1 aliphatic heterocycles. The Hall–Kier alpha value is -3.80. The van der Waals surface area contributed by atoms with Crippen LogP contribution in [0.5, 0.6) is 5.75 Å². The van der Waals surface area contributed by atoms with Gasteiger partial charge in [-0.15, -0.1) is 0 Å². The predicted molar refractivity (Wildman–Crippen MR) is 126 cm³/mol. The number of aromatic nitrogens is 1. The number of amides is 2. The van der Waals surface area contributed by atoms with Crippen LogP contribution in [0.25, 0.3) is 0 Å². The van der Waals surface area contributed by atoms with E-state index in [0.717, 1.165) is 6.20 Å². The Kier molecular flexibility index (Phi) is 7.72. The molecule has 174 valence electrons. The fraction of sp³-hybridized carbons (Fsp3) is 0.333. The normalized spacial score (nSPS) is 15.5. The number of pyridine rings is 1. The van der Waals surface area contributed by atoms with Gasteiger partial charge in [-0.05, 0) is 49.5 Å². The third-order valence-electron chi connectivity index (χ3n) is 5.09. The van der Waals surface area contributed by atoms with Gasteiger partial charge in [0.2, 0.25) is 5.91 Å². The summed E-state index contributed by atoms with van der Waals surface area (Å²) < 4.78 is 5.11. The van der Waals surface area contributed by atoms with Crippen LogP contribution in [0.15, 0.2) is 42.6 Å². The number of anilines is 2. The number of hydrogen-bond acceptors (Lipinski definition) is 8. The highest BCUT2D eigenvalue weighted by atomic mass is 32.1. The summed E-state index contributed by atoms with van der Waals surface area (Å²) >= 11 is 5.47. The summed E-state index contributed by atoms with van der Waals surface area (Å²) in [5.74, 6) is 0.595. The first-order valence-electron chi connectivity index (χ1n) is 10.2. The van der Waals surface area contributed by atoms with E-state index in [2.05, 4.69) is 15.6 Å². The molecule has 11 nitrogen and oxygen atoms in total. The molecule has 12 heteroatoms. The van der Waals surface area contributed by atoms with E-state index in [4.69, 9.17) is 17.0 Å². The molecule has 1 unspecified atom stereocenters. The van der Waals surface area contributed by atoms with Crippen molar-refractivity contribution >= 4 is 46.3 Å². The maximum Gasteiger partial charge on any atom is 0.287 e. The number of likely N-dealkylation sites (N-methyl/N-ethyl adjacent to an activating group) is 1. The Labute approximate surface area is 195 Å². The number of methoxy groups -OCH3 is 1. The lowest BCUT2D eigenvalue weighted by molar-refractivity contribution is -0.385. The minimum atomic E-state index is -0.720. The summed E-state index contributed by atoms with van der Waals surface area (Å²) in [6, 6.07) is 9.03. The first-order chi connectivity index (χ1) is 15.8. The maximum absolute atomic E-state index is 12.9. The Balaban J connectivity index is 1.62. The standard InChI is InChI=1S/C21H24N6O5S/c1-3-25-20(29)17(12-19(28)24-14-4-7-16(32-2)8-5-14)26(21(25)33)11-10-22-18-9-6-15(13-23-18)27(30)31/h4-9,13,17H,3,10-12H2,1-2H3,(H,22,23)(H,24,28). The van der Waals surface area contributed by atoms with Crippen LogP contribution in [0.2, 0.25) is 0 Å². The van der Waals surface area contributed by atoms with Gasteiger partial charge in [-0.2, -0.15) is 0 Å². The molecule has 1 aliphatic rings. The highest BCUT2D eigenvalue weighted by Gasteiger charge is 2.42. The van der Waals surface area contributed by atoms with Crippen LogP contribution in [0, 0.1) is 10.1 Å². The summed E-state index contributed by atoms with van der Waals surface area (Å²) in [4.78, 5) is 42.9. The maximum atomic E-state index is 12.9. The van der Waals surface area contributed by atoms with Gasteiger partial charge in [-0.3, -0.25) is 24.6 Å². The highest BCUT2D eigenvalue weighted by Crippen LogP contribution is 2.22. The monoisotopic (exact) mass is 472 g/mol. The van der Waals surface area contributed by atoms with Gasteiger partial charge in [-0.25, -0.2) is 4.98 Å². The molecule has 1 aromatic heterocycles. The molecule has 1 fully saturated rings. The Morgan fingerprint density at radius 1 is 1.27 bits per heavy atom. The van der Waals surface area contributed by atoms with Gasteiger partial charge in [0.05, 0.1) is 18.5 Å². The van der Waals surface area contributed by atoms with Crippen LogP contribution in [0.1, 0.15) is 13.3 Å². The van der Waals surface area contributed by atoms with Crippen molar-refractivity contribution in [2.75, 3.05) is 37.4 Å². The molecule has 1 atom stereocenters. The van der Waals surface area contributed by atoms with Crippen LogP contribution < -0.4 is 15.4 Å². The smallest absolute Gasteiger partial charge is 0.287 e. The largest absolute Gasteiger partial charge is 0.497 e. The quantitative estimate of drug-likeness (QED) is 0.304. The molecule has 1 aromatic carbocycles. The second kappa shape index (κ2) is 10.7. The summed E-state index contributed by atoms with van der Waals surface area (Å²) in [6.45, 7) is 2.94. The van der Waals surface area contributed by atoms with Crippen LogP contribution in [-0.2, 0) is 9.59 Å². The number of ether oxygens (including phenoxy) is 1. The minimum absolute atomic E-state index is 0.0582. The summed E-state index contributed by atoms with van der Waals surface area (Å²) in [5, 5.41) is 17.0. The molecule has 2 N–H and O–H groups in total. The van der Waals surface area contributed by atoms with E-state index in [1.165, 1.54) is 17.0 Å². The first-order valence-corrected chi connectivity index (χ1v) is 10.6. The number of thiocarbonyl (C=S) groups is 1. The molecule has 2 heterocycles. The number of nitrogens with zero attached hydrogens (tertiary/aromatic N) is 4. The summed E-state index contributed by atoms with van der Waals surface area (Å²) in [5.41, 5.74) is 0.493. The molecular weight excluding hydrogens is 448 g/mol. The second-order valence-corrected chi connectivity index (χ2v) is 7.51. The fourth-order valence-electron chi connectivity index (χ4n) is 3.40. The van der Waals surface area contributed by atoms with Crippen LogP contribution in [0.3, 0.4) is 0 Å². The molecule has 0 aliphatic carbocycles. The molecule has 0 radical (unpaired) electrons. The zero-order chi connectivity index (χ0) is 24.0. The lowest BCUT2D eigenvalue weighted by Crippen LogP contribution is -2.40. The van der Waals surface area contributed by atoms with E-state index >= 15 is 0 Å². The second-order valence-electron chi connectivity index (χ2n) is 7.14. The van der Waals surface area contributed by atoms with E-state index in [1.54, 1.807) is 36.3 Å². The van der Waals surface area contributed by atoms with Gasteiger partial charge in [0, 0.05) is 31.4 Å². The first kappa shape index (κ1) is 23.9. The average molecular weight is 473 g/mol. The van der Waals surface area contributed by atoms with Crippen molar-refractivity contribution in [1.29, 1.82) is 0 Å². The van der Waals surface area contributed by atoms with Crippen molar-refractivity contribution in [3.8, 4) is 5.75 Å². The third kappa shape index (κ3) is 5.71. The van der Waals surface area contributed by atoms with E-state index < -0.39 is 11.0 Å². The Morgan fingerprint density at radius 3 is 2.58 bits per heavy atom. The average Bonchev–Trinajstić information content (AvgIpc) is 3.03. The predicted octanol–water partition coefficient (Wildman–Crippen LogP) is 2.26. The highest BCUT2D eigenvalue weighted by molar-refractivity contribution is 7.80. The van der Waals surface area contributed by atoms with Gasteiger partial charge >= 0.3 is 0 Å². The van der Waals surface area contributed by atoms with Crippen molar-refractivity contribution in [2.45, 2.75) is 19.4 Å². The Morgan fingerprint density at radius 2 is 2.00 bits per heavy atom. The topological polar surface area (TPSA) is 130 Å². The molecule has 1 saturated heterocycles. The number of nitro groups is 1. The van der Waals surface area contributed by atoms with Gasteiger partial charge < -0.3 is 20.3 Å². The van der Waals surface area contributed by atoms with Crippen LogP contribution in [0.4, 0.5) is 17.2 Å².